The Morgan fingerprint density at radius 3 is 1.72 bits per heavy atom. The van der Waals surface area contributed by atoms with Crippen molar-refractivity contribution in [2.24, 2.45) is 0 Å². The first-order valence-corrected chi connectivity index (χ1v) is 9.12. The third kappa shape index (κ3) is 3.29. The highest BCUT2D eigenvalue weighted by Gasteiger charge is 2.12. The maximum Gasteiger partial charge on any atom is 0.0332 e. The van der Waals surface area contributed by atoms with Crippen molar-refractivity contribution in [1.82, 2.24) is 0 Å². The molecule has 0 heterocycles. The first kappa shape index (κ1) is 15.9. The van der Waals surface area contributed by atoms with Crippen LogP contribution in [0.15, 0.2) is 103 Å². The molecule has 0 fully saturated rings. The number of halogens is 1. The van der Waals surface area contributed by atoms with Crippen molar-refractivity contribution in [2.75, 3.05) is 0 Å². The molecule has 0 aromatic heterocycles. The molecule has 0 radical (unpaired) electrons. The van der Waals surface area contributed by atoms with Gasteiger partial charge in [-0.15, -0.1) is 0 Å². The lowest BCUT2D eigenvalue weighted by Gasteiger charge is -2.14. The van der Waals surface area contributed by atoms with Gasteiger partial charge in [-0.2, -0.15) is 0 Å². The Bertz CT molecular complexity index is 1030. The zero-order valence-electron chi connectivity index (χ0n) is 13.7. The molecule has 0 aliphatic carbocycles. The van der Waals surface area contributed by atoms with Gasteiger partial charge in [-0.05, 0) is 49.5 Å². The number of fused-ring (bicyclic) bond motifs is 1. The predicted molar refractivity (Wildman–Crippen MR) is 112 cm³/mol. The van der Waals surface area contributed by atoms with Crippen LogP contribution in [0.4, 0.5) is 0 Å². The van der Waals surface area contributed by atoms with Crippen molar-refractivity contribution in [1.29, 1.82) is 0 Å². The van der Waals surface area contributed by atoms with E-state index in [0.717, 1.165) is 4.48 Å². The van der Waals surface area contributed by atoms with Crippen LogP contribution in [-0.2, 0) is 0 Å². The zero-order chi connectivity index (χ0) is 17.1. The number of hydrogen-bond acceptors (Lipinski definition) is 0. The van der Waals surface area contributed by atoms with E-state index in [1.807, 2.05) is 6.07 Å². The third-order valence-corrected chi connectivity index (χ3v) is 5.20. The topological polar surface area (TPSA) is 0 Å². The van der Waals surface area contributed by atoms with Crippen molar-refractivity contribution in [3.05, 3.63) is 120 Å². The summed E-state index contributed by atoms with van der Waals surface area (Å²) in [7, 11) is 0. The molecule has 4 aromatic rings. The number of hydrogen-bond donors (Lipinski definition) is 0. The summed E-state index contributed by atoms with van der Waals surface area (Å²) in [6.45, 7) is 0. The van der Waals surface area contributed by atoms with Crippen molar-refractivity contribution in [3.63, 3.8) is 0 Å². The van der Waals surface area contributed by atoms with Crippen LogP contribution < -0.4 is 0 Å². The molecule has 0 spiro atoms. The Balaban J connectivity index is 1.97. The molecule has 25 heavy (non-hydrogen) atoms. The van der Waals surface area contributed by atoms with Gasteiger partial charge in [0.05, 0.1) is 0 Å². The largest absolute Gasteiger partial charge is 0.0622 e. The van der Waals surface area contributed by atoms with E-state index in [9.17, 15) is 0 Å². The maximum absolute atomic E-state index is 3.87. The van der Waals surface area contributed by atoms with E-state index >= 15 is 0 Å². The molecular weight excluding hydrogens is 368 g/mol. The summed E-state index contributed by atoms with van der Waals surface area (Å²) in [4.78, 5) is 0. The molecule has 1 heteroatoms. The minimum atomic E-state index is 1.11. The van der Waals surface area contributed by atoms with Crippen LogP contribution in [0.25, 0.3) is 20.8 Å². The molecule has 4 rings (SSSR count). The second-order valence-electron chi connectivity index (χ2n) is 5.98. The van der Waals surface area contributed by atoms with Gasteiger partial charge in [-0.1, -0.05) is 97.1 Å². The number of rotatable bonds is 3. The van der Waals surface area contributed by atoms with Crippen LogP contribution in [0.2, 0.25) is 0 Å². The molecule has 0 aliphatic heterocycles. The highest BCUT2D eigenvalue weighted by molar-refractivity contribution is 9.15. The van der Waals surface area contributed by atoms with Crippen molar-refractivity contribution >= 4 is 36.8 Å². The first-order valence-electron chi connectivity index (χ1n) is 8.33. The molecule has 0 bridgehead atoms. The molecule has 0 aliphatic rings. The minimum Gasteiger partial charge on any atom is -0.0622 e. The van der Waals surface area contributed by atoms with Gasteiger partial charge >= 0.3 is 0 Å². The summed E-state index contributed by atoms with van der Waals surface area (Å²) in [6.07, 6.45) is 0. The molecule has 0 unspecified atom stereocenters. The van der Waals surface area contributed by atoms with Crippen molar-refractivity contribution in [3.8, 4) is 0 Å². The van der Waals surface area contributed by atoms with Gasteiger partial charge in [0.25, 0.3) is 0 Å². The highest BCUT2D eigenvalue weighted by Crippen LogP contribution is 2.36. The summed E-state index contributed by atoms with van der Waals surface area (Å²) in [5.41, 5.74) is 4.79. The highest BCUT2D eigenvalue weighted by atomic mass is 79.9. The van der Waals surface area contributed by atoms with E-state index in [4.69, 9.17) is 0 Å². The van der Waals surface area contributed by atoms with Gasteiger partial charge < -0.3 is 0 Å². The van der Waals surface area contributed by atoms with Crippen LogP contribution in [0.1, 0.15) is 16.7 Å². The smallest absolute Gasteiger partial charge is 0.0332 e. The Hall–Kier alpha value is -2.64. The van der Waals surface area contributed by atoms with E-state index < -0.39 is 0 Å². The van der Waals surface area contributed by atoms with E-state index in [-0.39, 0.29) is 0 Å². The van der Waals surface area contributed by atoms with Gasteiger partial charge in [0.2, 0.25) is 0 Å². The normalized spacial score (nSPS) is 12.0. The van der Waals surface area contributed by atoms with Crippen LogP contribution in [0, 0.1) is 0 Å². The molecule has 4 aromatic carbocycles. The average molecular weight is 385 g/mol. The molecule has 0 amide bonds. The summed E-state index contributed by atoms with van der Waals surface area (Å²) >= 11 is 3.87. The van der Waals surface area contributed by atoms with Gasteiger partial charge in [0.1, 0.15) is 0 Å². The lowest BCUT2D eigenvalue weighted by Crippen LogP contribution is -1.91. The van der Waals surface area contributed by atoms with Crippen LogP contribution in [0.3, 0.4) is 0 Å². The lowest BCUT2D eigenvalue weighted by atomic mass is 9.94. The summed E-state index contributed by atoms with van der Waals surface area (Å²) < 4.78 is 1.11. The standard InChI is InChI=1S/C24H17Br/c25-24(20-12-5-2-6-13-20)23(19-10-3-1-4-11-19)22-16-15-18-9-7-8-14-21(18)17-22/h1-17H/b24-23-. The fourth-order valence-corrected chi connectivity index (χ4v) is 3.82. The minimum absolute atomic E-state index is 1.11. The summed E-state index contributed by atoms with van der Waals surface area (Å²) in [6, 6.07) is 36.1. The van der Waals surface area contributed by atoms with Gasteiger partial charge in [0.15, 0.2) is 0 Å². The van der Waals surface area contributed by atoms with Crippen LogP contribution in [0.5, 0.6) is 0 Å². The first-order chi connectivity index (χ1) is 12.3. The van der Waals surface area contributed by atoms with Gasteiger partial charge in [-0.3, -0.25) is 0 Å². The maximum atomic E-state index is 3.87. The quantitative estimate of drug-likeness (QED) is 0.329. The zero-order valence-corrected chi connectivity index (χ0v) is 15.3. The Morgan fingerprint density at radius 1 is 0.480 bits per heavy atom. The molecule has 0 saturated carbocycles. The summed E-state index contributed by atoms with van der Waals surface area (Å²) in [5, 5.41) is 2.51. The lowest BCUT2D eigenvalue weighted by molar-refractivity contribution is 1.56. The molecule has 120 valence electrons. The van der Waals surface area contributed by atoms with Gasteiger partial charge in [0, 0.05) is 10.1 Å². The summed E-state index contributed by atoms with van der Waals surface area (Å²) in [5.74, 6) is 0. The Morgan fingerprint density at radius 2 is 1.04 bits per heavy atom. The Labute approximate surface area is 156 Å². The van der Waals surface area contributed by atoms with Crippen LogP contribution >= 0.6 is 15.9 Å². The molecular formula is C24H17Br. The van der Waals surface area contributed by atoms with Crippen molar-refractivity contribution < 1.29 is 0 Å². The second-order valence-corrected chi connectivity index (χ2v) is 6.78. The van der Waals surface area contributed by atoms with E-state index in [2.05, 4.69) is 113 Å². The number of benzene rings is 4. The monoisotopic (exact) mass is 384 g/mol. The molecule has 0 atom stereocenters. The predicted octanol–water partition coefficient (Wildman–Crippen LogP) is 7.15. The molecule has 0 N–H and O–H groups in total. The van der Waals surface area contributed by atoms with Crippen molar-refractivity contribution in [2.45, 2.75) is 0 Å². The molecule has 0 saturated heterocycles. The fourth-order valence-electron chi connectivity index (χ4n) is 3.10. The second kappa shape index (κ2) is 7.08. The molecule has 0 nitrogen and oxygen atoms in total. The van der Waals surface area contributed by atoms with E-state index in [0.29, 0.717) is 0 Å². The van der Waals surface area contributed by atoms with Crippen LogP contribution in [-0.4, -0.2) is 0 Å². The third-order valence-electron chi connectivity index (χ3n) is 4.35. The average Bonchev–Trinajstić information content (AvgIpc) is 2.69. The van der Waals surface area contributed by atoms with E-state index in [1.54, 1.807) is 0 Å². The van der Waals surface area contributed by atoms with E-state index in [1.165, 1.54) is 33.0 Å². The Kier molecular flexibility index (Phi) is 4.49. The fraction of sp³-hybridized carbons (Fsp3) is 0. The van der Waals surface area contributed by atoms with Gasteiger partial charge in [-0.25, -0.2) is 0 Å². The SMILES string of the molecule is Br/C(=C(/c1ccccc1)c1ccc2ccccc2c1)c1ccccc1.